The Bertz CT molecular complexity index is 809. The van der Waals surface area contributed by atoms with Gasteiger partial charge in [0.25, 0.3) is 11.1 Å². The van der Waals surface area contributed by atoms with Crippen LogP contribution in [0.25, 0.3) is 0 Å². The molecule has 0 fully saturated rings. The molecule has 1 heterocycles. The van der Waals surface area contributed by atoms with Gasteiger partial charge in [0.2, 0.25) is 0 Å². The highest BCUT2D eigenvalue weighted by Crippen LogP contribution is 2.24. The first-order valence-corrected chi connectivity index (χ1v) is 8.79. The van der Waals surface area contributed by atoms with Gasteiger partial charge < -0.3 is 9.15 Å². The molecule has 5 heteroatoms. The van der Waals surface area contributed by atoms with E-state index in [0.717, 1.165) is 11.5 Å². The summed E-state index contributed by atoms with van der Waals surface area (Å²) in [6, 6.07) is 14.4. The minimum atomic E-state index is 0.279. The highest BCUT2D eigenvalue weighted by atomic mass is 32.2. The van der Waals surface area contributed by atoms with Crippen molar-refractivity contribution in [2.45, 2.75) is 38.4 Å². The normalized spacial score (nSPS) is 10.8. The maximum atomic E-state index is 5.74. The number of benzene rings is 2. The summed E-state index contributed by atoms with van der Waals surface area (Å²) in [7, 11) is 0. The van der Waals surface area contributed by atoms with E-state index in [4.69, 9.17) is 9.15 Å². The Balaban J connectivity index is 1.56. The minimum Gasteiger partial charge on any atom is -0.484 e. The lowest BCUT2D eigenvalue weighted by Gasteiger charge is -2.05. The van der Waals surface area contributed by atoms with Crippen molar-refractivity contribution in [2.75, 3.05) is 0 Å². The van der Waals surface area contributed by atoms with Crippen molar-refractivity contribution in [1.29, 1.82) is 0 Å². The summed E-state index contributed by atoms with van der Waals surface area (Å²) >= 11 is 1.54. The van der Waals surface area contributed by atoms with Crippen LogP contribution in [-0.4, -0.2) is 10.2 Å². The van der Waals surface area contributed by atoms with Crippen LogP contribution in [0.3, 0.4) is 0 Å². The molecule has 1 aromatic heterocycles. The monoisotopic (exact) mass is 340 g/mol. The van der Waals surface area contributed by atoms with Gasteiger partial charge in [0.05, 0.1) is 0 Å². The number of aromatic nitrogens is 2. The molecule has 124 valence electrons. The molecule has 0 aliphatic heterocycles. The zero-order chi connectivity index (χ0) is 16.9. The number of hydrogen-bond acceptors (Lipinski definition) is 5. The molecule has 0 aliphatic carbocycles. The number of aryl methyl sites for hydroxylation is 3. The minimum absolute atomic E-state index is 0.279. The van der Waals surface area contributed by atoms with Gasteiger partial charge in [0, 0.05) is 5.75 Å². The summed E-state index contributed by atoms with van der Waals surface area (Å²) < 4.78 is 11.4. The molecule has 0 aliphatic rings. The lowest BCUT2D eigenvalue weighted by molar-refractivity contribution is 0.252. The van der Waals surface area contributed by atoms with Gasteiger partial charge in [-0.15, -0.1) is 10.2 Å². The molecule has 0 saturated heterocycles. The quantitative estimate of drug-likeness (QED) is 0.599. The van der Waals surface area contributed by atoms with Crippen molar-refractivity contribution in [3.63, 3.8) is 0 Å². The molecular weight excluding hydrogens is 320 g/mol. The van der Waals surface area contributed by atoms with Crippen LogP contribution in [0.1, 0.15) is 28.1 Å². The second kappa shape index (κ2) is 7.53. The molecule has 4 nitrogen and oxygen atoms in total. The van der Waals surface area contributed by atoms with Gasteiger partial charge in [0.15, 0.2) is 6.61 Å². The van der Waals surface area contributed by atoms with Crippen LogP contribution in [0.15, 0.2) is 52.1 Å². The molecule has 3 aromatic rings. The molecule has 0 amide bonds. The van der Waals surface area contributed by atoms with E-state index >= 15 is 0 Å². The van der Waals surface area contributed by atoms with E-state index in [1.54, 1.807) is 0 Å². The van der Waals surface area contributed by atoms with Crippen molar-refractivity contribution in [3.8, 4) is 5.75 Å². The Morgan fingerprint density at radius 3 is 2.50 bits per heavy atom. The fraction of sp³-hybridized carbons (Fsp3) is 0.263. The second-order valence-electron chi connectivity index (χ2n) is 5.79. The largest absolute Gasteiger partial charge is 0.484 e. The molecule has 0 N–H and O–H groups in total. The SMILES string of the molecule is Cc1cc(C)cc(OCc2nnc(SCc3ccccc3C)o2)c1. The predicted molar refractivity (Wildman–Crippen MR) is 95.3 cm³/mol. The molecule has 0 saturated carbocycles. The van der Waals surface area contributed by atoms with Crippen LogP contribution in [0.2, 0.25) is 0 Å². The predicted octanol–water partition coefficient (Wildman–Crippen LogP) is 4.87. The Morgan fingerprint density at radius 2 is 1.75 bits per heavy atom. The standard InChI is InChI=1S/C19H20N2O2S/c1-13-8-14(2)10-17(9-13)22-11-18-20-21-19(23-18)24-12-16-7-5-4-6-15(16)3/h4-10H,11-12H2,1-3H3. The molecule has 0 unspecified atom stereocenters. The van der Waals surface area contributed by atoms with E-state index in [-0.39, 0.29) is 6.61 Å². The van der Waals surface area contributed by atoms with E-state index in [1.165, 1.54) is 34.0 Å². The lowest BCUT2D eigenvalue weighted by Crippen LogP contribution is -1.96. The smallest absolute Gasteiger partial charge is 0.277 e. The summed E-state index contributed by atoms with van der Waals surface area (Å²) in [5, 5.41) is 8.69. The van der Waals surface area contributed by atoms with Crippen LogP contribution in [0.5, 0.6) is 5.75 Å². The highest BCUT2D eigenvalue weighted by molar-refractivity contribution is 7.98. The van der Waals surface area contributed by atoms with Gasteiger partial charge in [-0.05, 0) is 55.2 Å². The van der Waals surface area contributed by atoms with Gasteiger partial charge in [0.1, 0.15) is 5.75 Å². The molecule has 3 rings (SSSR count). The van der Waals surface area contributed by atoms with Crippen LogP contribution >= 0.6 is 11.8 Å². The van der Waals surface area contributed by atoms with E-state index in [1.807, 2.05) is 38.1 Å². The first kappa shape index (κ1) is 16.6. The lowest BCUT2D eigenvalue weighted by atomic mass is 10.1. The van der Waals surface area contributed by atoms with E-state index in [9.17, 15) is 0 Å². The number of ether oxygens (including phenoxy) is 1. The van der Waals surface area contributed by atoms with Crippen molar-refractivity contribution in [2.24, 2.45) is 0 Å². The number of thioether (sulfide) groups is 1. The van der Waals surface area contributed by atoms with E-state index in [2.05, 4.69) is 35.3 Å². The topological polar surface area (TPSA) is 48.2 Å². The third-order valence-corrected chi connectivity index (χ3v) is 4.49. The van der Waals surface area contributed by atoms with E-state index < -0.39 is 0 Å². The summed E-state index contributed by atoms with van der Waals surface area (Å²) in [6.07, 6.45) is 0. The third-order valence-electron chi connectivity index (χ3n) is 3.62. The summed E-state index contributed by atoms with van der Waals surface area (Å²) in [4.78, 5) is 0. The second-order valence-corrected chi connectivity index (χ2v) is 6.72. The van der Waals surface area contributed by atoms with Crippen molar-refractivity contribution in [3.05, 3.63) is 70.6 Å². The van der Waals surface area contributed by atoms with Gasteiger partial charge in [-0.25, -0.2) is 0 Å². The highest BCUT2D eigenvalue weighted by Gasteiger charge is 2.09. The summed E-state index contributed by atoms with van der Waals surface area (Å²) in [6.45, 7) is 6.48. The van der Waals surface area contributed by atoms with Crippen LogP contribution in [0.4, 0.5) is 0 Å². The zero-order valence-electron chi connectivity index (χ0n) is 14.1. The Kier molecular flexibility index (Phi) is 5.20. The van der Waals surface area contributed by atoms with Crippen LogP contribution < -0.4 is 4.74 Å². The first-order valence-electron chi connectivity index (χ1n) is 7.81. The van der Waals surface area contributed by atoms with Gasteiger partial charge >= 0.3 is 0 Å². The average Bonchev–Trinajstić information content (AvgIpc) is 2.99. The molecule has 0 spiro atoms. The number of hydrogen-bond donors (Lipinski definition) is 0. The van der Waals surface area contributed by atoms with Crippen LogP contribution in [0, 0.1) is 20.8 Å². The Hall–Kier alpha value is -2.27. The van der Waals surface area contributed by atoms with Crippen molar-refractivity contribution in [1.82, 2.24) is 10.2 Å². The summed E-state index contributed by atoms with van der Waals surface area (Å²) in [5.74, 6) is 2.12. The molecule has 24 heavy (non-hydrogen) atoms. The van der Waals surface area contributed by atoms with E-state index in [0.29, 0.717) is 11.1 Å². The Morgan fingerprint density at radius 1 is 1.00 bits per heavy atom. The number of rotatable bonds is 6. The zero-order valence-corrected chi connectivity index (χ0v) is 14.9. The molecular formula is C19H20N2O2S. The fourth-order valence-electron chi connectivity index (χ4n) is 2.43. The molecule has 2 aromatic carbocycles. The Labute approximate surface area is 146 Å². The molecule has 0 bridgehead atoms. The van der Waals surface area contributed by atoms with Gasteiger partial charge in [-0.3, -0.25) is 0 Å². The maximum absolute atomic E-state index is 5.74. The van der Waals surface area contributed by atoms with Gasteiger partial charge in [-0.1, -0.05) is 42.1 Å². The fourth-order valence-corrected chi connectivity index (χ4v) is 3.28. The molecule has 0 atom stereocenters. The maximum Gasteiger partial charge on any atom is 0.277 e. The van der Waals surface area contributed by atoms with Crippen molar-refractivity contribution < 1.29 is 9.15 Å². The van der Waals surface area contributed by atoms with Crippen LogP contribution in [-0.2, 0) is 12.4 Å². The first-order chi connectivity index (χ1) is 11.6. The molecule has 0 radical (unpaired) electrons. The van der Waals surface area contributed by atoms with Gasteiger partial charge in [-0.2, -0.15) is 0 Å². The number of nitrogens with zero attached hydrogens (tertiary/aromatic N) is 2. The summed E-state index contributed by atoms with van der Waals surface area (Å²) in [5.41, 5.74) is 4.88. The third kappa shape index (κ3) is 4.38. The average molecular weight is 340 g/mol. The van der Waals surface area contributed by atoms with Crippen molar-refractivity contribution >= 4 is 11.8 Å².